The molecule has 120 valence electrons. The van der Waals surface area contributed by atoms with Crippen LogP contribution in [0.25, 0.3) is 0 Å². The maximum absolute atomic E-state index is 3.62. The highest BCUT2D eigenvalue weighted by Gasteiger charge is 2.23. The second-order valence-corrected chi connectivity index (χ2v) is 7.77. The number of hydrogen-bond acceptors (Lipinski definition) is 2. The summed E-state index contributed by atoms with van der Waals surface area (Å²) in [5.74, 6) is 2.35. The highest BCUT2D eigenvalue weighted by molar-refractivity contribution is 4.79. The molecule has 1 unspecified atom stereocenters. The summed E-state index contributed by atoms with van der Waals surface area (Å²) in [7, 11) is 0. The van der Waals surface area contributed by atoms with Crippen molar-refractivity contribution >= 4 is 0 Å². The molecule has 1 saturated carbocycles. The zero-order valence-electron chi connectivity index (χ0n) is 14.6. The molecule has 1 aliphatic carbocycles. The average Bonchev–Trinajstić information content (AvgIpc) is 2.87. The van der Waals surface area contributed by atoms with Crippen molar-refractivity contribution in [2.45, 2.75) is 72.8 Å². The lowest BCUT2D eigenvalue weighted by Crippen LogP contribution is -2.40. The highest BCUT2D eigenvalue weighted by atomic mass is 15.2. The Bertz CT molecular complexity index is 232. The molecule has 1 rings (SSSR count). The second-order valence-electron chi connectivity index (χ2n) is 7.77. The van der Waals surface area contributed by atoms with Crippen LogP contribution in [-0.2, 0) is 0 Å². The van der Waals surface area contributed by atoms with Gasteiger partial charge in [-0.2, -0.15) is 0 Å². The summed E-state index contributed by atoms with van der Waals surface area (Å²) in [4.78, 5) is 2.80. The van der Waals surface area contributed by atoms with Crippen LogP contribution in [0.15, 0.2) is 0 Å². The van der Waals surface area contributed by atoms with Crippen molar-refractivity contribution in [3.8, 4) is 0 Å². The molecular weight excluding hydrogens is 244 g/mol. The van der Waals surface area contributed by atoms with E-state index in [1.807, 2.05) is 0 Å². The fraction of sp³-hybridized carbons (Fsp3) is 1.00. The summed E-state index contributed by atoms with van der Waals surface area (Å²) in [6.07, 6.45) is 7.11. The average molecular weight is 283 g/mol. The third-order valence-electron chi connectivity index (χ3n) is 4.43. The lowest BCUT2D eigenvalue weighted by atomic mass is 10.1. The van der Waals surface area contributed by atoms with Crippen LogP contribution in [0, 0.1) is 17.8 Å². The van der Waals surface area contributed by atoms with E-state index in [4.69, 9.17) is 0 Å². The Morgan fingerprint density at radius 3 is 2.15 bits per heavy atom. The van der Waals surface area contributed by atoms with Crippen LogP contribution < -0.4 is 5.32 Å². The summed E-state index contributed by atoms with van der Waals surface area (Å²) in [6.45, 7) is 16.6. The van der Waals surface area contributed by atoms with Crippen molar-refractivity contribution in [3.05, 3.63) is 0 Å². The minimum absolute atomic E-state index is 0.758. The topological polar surface area (TPSA) is 15.3 Å². The molecule has 0 bridgehead atoms. The van der Waals surface area contributed by atoms with Gasteiger partial charge in [0.1, 0.15) is 0 Å². The quantitative estimate of drug-likeness (QED) is 0.647. The zero-order valence-corrected chi connectivity index (χ0v) is 14.6. The van der Waals surface area contributed by atoms with Crippen LogP contribution in [0.1, 0.15) is 66.7 Å². The Morgan fingerprint density at radius 2 is 1.60 bits per heavy atom. The van der Waals surface area contributed by atoms with Crippen LogP contribution in [0.3, 0.4) is 0 Å². The summed E-state index contributed by atoms with van der Waals surface area (Å²) in [6, 6.07) is 0.876. The van der Waals surface area contributed by atoms with Gasteiger partial charge in [0, 0.05) is 12.6 Å². The second kappa shape index (κ2) is 9.78. The maximum atomic E-state index is 3.62. The third kappa shape index (κ3) is 7.64. The van der Waals surface area contributed by atoms with E-state index in [1.54, 1.807) is 0 Å². The number of hydrogen-bond donors (Lipinski definition) is 1. The van der Waals surface area contributed by atoms with Gasteiger partial charge in [-0.05, 0) is 56.7 Å². The van der Waals surface area contributed by atoms with Crippen molar-refractivity contribution in [1.82, 2.24) is 10.2 Å². The first kappa shape index (κ1) is 18.0. The van der Waals surface area contributed by atoms with Gasteiger partial charge in [0.05, 0.1) is 0 Å². The van der Waals surface area contributed by atoms with Gasteiger partial charge < -0.3 is 10.2 Å². The van der Waals surface area contributed by atoms with Gasteiger partial charge >= 0.3 is 0 Å². The van der Waals surface area contributed by atoms with Gasteiger partial charge in [0.2, 0.25) is 0 Å². The standard InChI is InChI=1S/C18H38N2/c1-15(2)10-11-20(18-8-6-7-9-18)14-17(5)13-19-12-16(3)4/h15-19H,6-14H2,1-5H3. The zero-order chi connectivity index (χ0) is 15.0. The van der Waals surface area contributed by atoms with Crippen LogP contribution in [0.4, 0.5) is 0 Å². The first-order chi connectivity index (χ1) is 9.49. The molecule has 1 atom stereocenters. The van der Waals surface area contributed by atoms with Gasteiger partial charge in [-0.25, -0.2) is 0 Å². The van der Waals surface area contributed by atoms with Gasteiger partial charge in [0.25, 0.3) is 0 Å². The molecule has 0 aromatic carbocycles. The lowest BCUT2D eigenvalue weighted by Gasteiger charge is -2.32. The molecule has 2 heteroatoms. The van der Waals surface area contributed by atoms with Crippen LogP contribution in [0.5, 0.6) is 0 Å². The maximum Gasteiger partial charge on any atom is 0.00953 e. The lowest BCUT2D eigenvalue weighted by molar-refractivity contribution is 0.162. The molecule has 0 amide bonds. The van der Waals surface area contributed by atoms with Crippen molar-refractivity contribution in [1.29, 1.82) is 0 Å². The van der Waals surface area contributed by atoms with Crippen LogP contribution in [-0.4, -0.2) is 37.1 Å². The SMILES string of the molecule is CC(C)CCN(CC(C)CNCC(C)C)C1CCCC1. The molecule has 0 aromatic heterocycles. The molecule has 1 aliphatic rings. The summed E-state index contributed by atoms with van der Waals surface area (Å²) < 4.78 is 0. The van der Waals surface area contributed by atoms with Crippen molar-refractivity contribution < 1.29 is 0 Å². The summed E-state index contributed by atoms with van der Waals surface area (Å²) in [5, 5.41) is 3.62. The van der Waals surface area contributed by atoms with Crippen molar-refractivity contribution in [2.24, 2.45) is 17.8 Å². The largest absolute Gasteiger partial charge is 0.316 e. The molecule has 0 saturated heterocycles. The number of rotatable bonds is 10. The molecule has 0 radical (unpaired) electrons. The molecule has 20 heavy (non-hydrogen) atoms. The van der Waals surface area contributed by atoms with Crippen molar-refractivity contribution in [2.75, 3.05) is 26.2 Å². The Morgan fingerprint density at radius 1 is 0.950 bits per heavy atom. The Kier molecular flexibility index (Phi) is 8.79. The van der Waals surface area contributed by atoms with E-state index in [1.165, 1.54) is 51.7 Å². The minimum atomic E-state index is 0.758. The molecule has 0 aromatic rings. The molecule has 1 fully saturated rings. The summed E-state index contributed by atoms with van der Waals surface area (Å²) in [5.41, 5.74) is 0. The Hall–Kier alpha value is -0.0800. The van der Waals surface area contributed by atoms with Crippen molar-refractivity contribution in [3.63, 3.8) is 0 Å². The molecular formula is C18H38N2. The smallest absolute Gasteiger partial charge is 0.00953 e. The molecule has 0 heterocycles. The first-order valence-electron chi connectivity index (χ1n) is 8.93. The predicted octanol–water partition coefficient (Wildman–Crippen LogP) is 4.16. The van der Waals surface area contributed by atoms with E-state index in [0.29, 0.717) is 0 Å². The van der Waals surface area contributed by atoms with E-state index < -0.39 is 0 Å². The monoisotopic (exact) mass is 282 g/mol. The van der Waals surface area contributed by atoms with Gasteiger partial charge in [-0.1, -0.05) is 47.5 Å². The number of nitrogens with zero attached hydrogens (tertiary/aromatic N) is 1. The fourth-order valence-electron chi connectivity index (χ4n) is 3.20. The highest BCUT2D eigenvalue weighted by Crippen LogP contribution is 2.24. The number of nitrogens with one attached hydrogen (secondary N) is 1. The minimum Gasteiger partial charge on any atom is -0.316 e. The van der Waals surface area contributed by atoms with Crippen LogP contribution in [0.2, 0.25) is 0 Å². The van der Waals surface area contributed by atoms with E-state index in [0.717, 1.165) is 30.3 Å². The summed E-state index contributed by atoms with van der Waals surface area (Å²) >= 11 is 0. The molecule has 0 spiro atoms. The van der Waals surface area contributed by atoms with Gasteiger partial charge in [-0.15, -0.1) is 0 Å². The van der Waals surface area contributed by atoms with E-state index in [-0.39, 0.29) is 0 Å². The van der Waals surface area contributed by atoms with E-state index in [9.17, 15) is 0 Å². The third-order valence-corrected chi connectivity index (χ3v) is 4.43. The fourth-order valence-corrected chi connectivity index (χ4v) is 3.20. The van der Waals surface area contributed by atoms with Crippen LogP contribution >= 0.6 is 0 Å². The van der Waals surface area contributed by atoms with Gasteiger partial charge in [0.15, 0.2) is 0 Å². The normalized spacial score (nSPS) is 18.6. The first-order valence-corrected chi connectivity index (χ1v) is 8.93. The van der Waals surface area contributed by atoms with E-state index >= 15 is 0 Å². The molecule has 1 N–H and O–H groups in total. The predicted molar refractivity (Wildman–Crippen MR) is 90.2 cm³/mol. The molecule has 2 nitrogen and oxygen atoms in total. The Labute approximate surface area is 127 Å². The molecule has 0 aliphatic heterocycles. The van der Waals surface area contributed by atoms with Gasteiger partial charge in [-0.3, -0.25) is 0 Å². The van der Waals surface area contributed by atoms with E-state index in [2.05, 4.69) is 44.8 Å². The Balaban J connectivity index is 2.33.